The van der Waals surface area contributed by atoms with Gasteiger partial charge in [0.15, 0.2) is 10.4 Å². The molecule has 8 nitrogen and oxygen atoms in total. The zero-order valence-corrected chi connectivity index (χ0v) is 20.7. The minimum Gasteiger partial charge on any atom is -0.480 e. The smallest absolute Gasteiger partial charge is 0.228 e. The topological polar surface area (TPSA) is 87.8 Å². The fourth-order valence-electron chi connectivity index (χ4n) is 3.25. The van der Waals surface area contributed by atoms with Crippen molar-refractivity contribution in [2.24, 2.45) is 0 Å². The lowest BCUT2D eigenvalue weighted by molar-refractivity contribution is 0.0814. The van der Waals surface area contributed by atoms with Crippen molar-refractivity contribution in [3.63, 3.8) is 0 Å². The third kappa shape index (κ3) is 4.55. The molecule has 0 N–H and O–H groups in total. The Labute approximate surface area is 185 Å². The average molecular weight is 491 g/mol. The number of hydrogen-bond acceptors (Lipinski definition) is 7. The van der Waals surface area contributed by atoms with Gasteiger partial charge in [0.25, 0.3) is 0 Å². The minimum absolute atomic E-state index is 0.375. The van der Waals surface area contributed by atoms with Gasteiger partial charge >= 0.3 is 0 Å². The standard InChI is InChI=1S/C20H27BrN6O2Si/c1-12-23-16(13-6-7-13)15(20(24-12)28-2)19-22-10-14-17(25-19)18(21)26-27(14)11-29-8-9-30(3,4)5/h10,13H,6-9,11H2,1-5H3. The molecule has 3 aromatic rings. The molecular weight excluding hydrogens is 464 g/mol. The molecule has 0 saturated heterocycles. The van der Waals surface area contributed by atoms with Crippen LogP contribution in [0.2, 0.25) is 25.7 Å². The fraction of sp³-hybridized carbons (Fsp3) is 0.550. The van der Waals surface area contributed by atoms with Crippen molar-refractivity contribution in [3.8, 4) is 17.3 Å². The van der Waals surface area contributed by atoms with Crippen LogP contribution in [0.4, 0.5) is 0 Å². The first-order chi connectivity index (χ1) is 14.3. The van der Waals surface area contributed by atoms with E-state index in [9.17, 15) is 0 Å². The first-order valence-electron chi connectivity index (χ1n) is 10.2. The van der Waals surface area contributed by atoms with E-state index < -0.39 is 8.07 Å². The molecule has 30 heavy (non-hydrogen) atoms. The summed E-state index contributed by atoms with van der Waals surface area (Å²) in [5.74, 6) is 2.19. The minimum atomic E-state index is -1.12. The van der Waals surface area contributed by atoms with Crippen molar-refractivity contribution < 1.29 is 9.47 Å². The van der Waals surface area contributed by atoms with Crippen LogP contribution < -0.4 is 4.74 Å². The van der Waals surface area contributed by atoms with Gasteiger partial charge in [-0.05, 0) is 41.7 Å². The number of halogens is 1. The van der Waals surface area contributed by atoms with E-state index in [0.717, 1.165) is 47.8 Å². The van der Waals surface area contributed by atoms with Crippen molar-refractivity contribution >= 4 is 35.0 Å². The number of nitrogens with zero attached hydrogens (tertiary/aromatic N) is 6. The van der Waals surface area contributed by atoms with Crippen LogP contribution in [-0.4, -0.2) is 51.5 Å². The molecule has 0 aromatic carbocycles. The van der Waals surface area contributed by atoms with E-state index in [0.29, 0.717) is 34.8 Å². The van der Waals surface area contributed by atoms with Crippen LogP contribution in [0.5, 0.6) is 5.88 Å². The Morgan fingerprint density at radius 2 is 1.97 bits per heavy atom. The Bertz CT molecular complexity index is 1080. The number of hydrogen-bond donors (Lipinski definition) is 0. The normalized spacial score (nSPS) is 14.5. The monoisotopic (exact) mass is 490 g/mol. The summed E-state index contributed by atoms with van der Waals surface area (Å²) in [6.07, 6.45) is 4.02. The lowest BCUT2D eigenvalue weighted by Gasteiger charge is -2.15. The quantitative estimate of drug-likeness (QED) is 0.337. The van der Waals surface area contributed by atoms with Crippen LogP contribution in [0.1, 0.15) is 30.3 Å². The Morgan fingerprint density at radius 3 is 2.63 bits per heavy atom. The maximum absolute atomic E-state index is 5.86. The van der Waals surface area contributed by atoms with Crippen molar-refractivity contribution in [1.82, 2.24) is 29.7 Å². The Balaban J connectivity index is 1.66. The molecule has 0 amide bonds. The summed E-state index contributed by atoms with van der Waals surface area (Å²) in [5.41, 5.74) is 3.30. The van der Waals surface area contributed by atoms with Gasteiger partial charge in [-0.25, -0.2) is 19.6 Å². The zero-order valence-electron chi connectivity index (χ0n) is 18.1. The maximum Gasteiger partial charge on any atom is 0.228 e. The number of aryl methyl sites for hydroxylation is 1. The van der Waals surface area contributed by atoms with Crippen LogP contribution in [0.15, 0.2) is 10.8 Å². The SMILES string of the molecule is COc1nc(C)nc(C2CC2)c1-c1ncc2c(n1)c(Br)nn2COCC[Si](C)(C)C. The number of aromatic nitrogens is 6. The van der Waals surface area contributed by atoms with Gasteiger partial charge in [0.05, 0.1) is 19.0 Å². The molecule has 4 rings (SSSR count). The van der Waals surface area contributed by atoms with E-state index in [1.54, 1.807) is 18.0 Å². The summed E-state index contributed by atoms with van der Waals surface area (Å²) in [4.78, 5) is 18.5. The highest BCUT2D eigenvalue weighted by Gasteiger charge is 2.32. The number of fused-ring (bicyclic) bond motifs is 1. The summed E-state index contributed by atoms with van der Waals surface area (Å²) in [6.45, 7) is 10.0. The van der Waals surface area contributed by atoms with Gasteiger partial charge in [0, 0.05) is 20.6 Å². The molecule has 1 saturated carbocycles. The second-order valence-electron chi connectivity index (χ2n) is 8.88. The number of rotatable bonds is 8. The highest BCUT2D eigenvalue weighted by Crippen LogP contribution is 2.45. The Hall–Kier alpha value is -1.91. The largest absolute Gasteiger partial charge is 0.480 e. The zero-order chi connectivity index (χ0) is 21.5. The van der Waals surface area contributed by atoms with Crippen LogP contribution in [0, 0.1) is 6.92 Å². The highest BCUT2D eigenvalue weighted by molar-refractivity contribution is 9.10. The van der Waals surface area contributed by atoms with Crippen molar-refractivity contribution in [2.45, 2.75) is 58.1 Å². The molecule has 0 atom stereocenters. The van der Waals surface area contributed by atoms with Gasteiger partial charge in [-0.2, -0.15) is 10.1 Å². The molecule has 1 aliphatic carbocycles. The lowest BCUT2D eigenvalue weighted by Crippen LogP contribution is -2.22. The molecule has 0 bridgehead atoms. The molecular formula is C20H27BrN6O2Si. The maximum atomic E-state index is 5.86. The summed E-state index contributed by atoms with van der Waals surface area (Å²) in [5, 5.41) is 4.54. The van der Waals surface area contributed by atoms with Gasteiger partial charge < -0.3 is 9.47 Å². The van der Waals surface area contributed by atoms with E-state index in [4.69, 9.17) is 14.5 Å². The van der Waals surface area contributed by atoms with Crippen LogP contribution in [0.25, 0.3) is 22.4 Å². The summed E-state index contributed by atoms with van der Waals surface area (Å²) in [7, 11) is 0.493. The molecule has 0 unspecified atom stereocenters. The van der Waals surface area contributed by atoms with E-state index in [2.05, 4.69) is 55.6 Å². The third-order valence-corrected chi connectivity index (χ3v) is 7.30. The van der Waals surface area contributed by atoms with E-state index >= 15 is 0 Å². The third-order valence-electron chi connectivity index (χ3n) is 5.06. The Morgan fingerprint density at radius 1 is 1.20 bits per heavy atom. The molecule has 3 heterocycles. The number of ether oxygens (including phenoxy) is 2. The average Bonchev–Trinajstić information content (AvgIpc) is 3.49. The molecule has 10 heteroatoms. The highest BCUT2D eigenvalue weighted by atomic mass is 79.9. The number of methoxy groups -OCH3 is 1. The van der Waals surface area contributed by atoms with Crippen molar-refractivity contribution in [1.29, 1.82) is 0 Å². The first-order valence-corrected chi connectivity index (χ1v) is 14.7. The molecule has 0 spiro atoms. The lowest BCUT2D eigenvalue weighted by atomic mass is 10.1. The molecule has 3 aromatic heterocycles. The first kappa shape index (κ1) is 21.3. The van der Waals surface area contributed by atoms with Gasteiger partial charge in [0.1, 0.15) is 29.2 Å². The van der Waals surface area contributed by atoms with E-state index in [1.807, 2.05) is 6.92 Å². The summed E-state index contributed by atoms with van der Waals surface area (Å²) in [6, 6.07) is 1.12. The van der Waals surface area contributed by atoms with Crippen LogP contribution in [0.3, 0.4) is 0 Å². The second-order valence-corrected chi connectivity index (χ2v) is 15.3. The predicted molar refractivity (Wildman–Crippen MR) is 121 cm³/mol. The van der Waals surface area contributed by atoms with Crippen molar-refractivity contribution in [2.75, 3.05) is 13.7 Å². The summed E-state index contributed by atoms with van der Waals surface area (Å²) >= 11 is 3.54. The van der Waals surface area contributed by atoms with Gasteiger partial charge in [-0.1, -0.05) is 19.6 Å². The van der Waals surface area contributed by atoms with Crippen LogP contribution in [-0.2, 0) is 11.5 Å². The molecule has 160 valence electrons. The van der Waals surface area contributed by atoms with Gasteiger partial charge in [0.2, 0.25) is 5.88 Å². The van der Waals surface area contributed by atoms with Crippen molar-refractivity contribution in [3.05, 3.63) is 22.3 Å². The molecule has 1 fully saturated rings. The second kappa shape index (κ2) is 8.31. The predicted octanol–water partition coefficient (Wildman–Crippen LogP) is 4.55. The van der Waals surface area contributed by atoms with Gasteiger partial charge in [-0.15, -0.1) is 0 Å². The molecule has 0 aliphatic heterocycles. The van der Waals surface area contributed by atoms with Crippen LogP contribution >= 0.6 is 15.9 Å². The molecule has 0 radical (unpaired) electrons. The van der Waals surface area contributed by atoms with E-state index in [-0.39, 0.29) is 0 Å². The van der Waals surface area contributed by atoms with Gasteiger partial charge in [-0.3, -0.25) is 0 Å². The van der Waals surface area contributed by atoms with E-state index in [1.165, 1.54) is 0 Å². The molecule has 1 aliphatic rings. The Kier molecular flexibility index (Phi) is 5.91. The summed E-state index contributed by atoms with van der Waals surface area (Å²) < 4.78 is 13.9. The fourth-order valence-corrected chi connectivity index (χ4v) is 4.49.